The fraction of sp³-hybridized carbons (Fsp3) is 0.412. The summed E-state index contributed by atoms with van der Waals surface area (Å²) in [6, 6.07) is 7.25. The monoisotopic (exact) mass is 282 g/mol. The topological polar surface area (TPSA) is 63.4 Å². The van der Waals surface area contributed by atoms with E-state index in [1.54, 1.807) is 12.1 Å². The number of rotatable bonds is 1. The molecule has 4 nitrogen and oxygen atoms in total. The van der Waals surface area contributed by atoms with Gasteiger partial charge in [0.25, 0.3) is 0 Å². The minimum absolute atomic E-state index is 0.0476. The molecular formula is C17H18N2O2. The maximum absolute atomic E-state index is 12.5. The summed E-state index contributed by atoms with van der Waals surface area (Å²) in [6.45, 7) is 0.288. The average Bonchev–Trinajstić information content (AvgIpc) is 2.78. The Hall–Kier alpha value is -2.12. The summed E-state index contributed by atoms with van der Waals surface area (Å²) in [4.78, 5) is 26.4. The fourth-order valence-electron chi connectivity index (χ4n) is 3.29. The molecule has 1 heterocycles. The number of imide groups is 1. The molecule has 2 aliphatic rings. The van der Waals surface area contributed by atoms with Crippen LogP contribution < -0.4 is 10.6 Å². The molecule has 0 bridgehead atoms. The molecule has 21 heavy (non-hydrogen) atoms. The van der Waals surface area contributed by atoms with E-state index in [-0.39, 0.29) is 30.2 Å². The van der Waals surface area contributed by atoms with Crippen molar-refractivity contribution < 1.29 is 9.59 Å². The van der Waals surface area contributed by atoms with E-state index in [4.69, 9.17) is 5.73 Å². The first kappa shape index (κ1) is 13.8. The average molecular weight is 282 g/mol. The molecule has 0 aromatic heterocycles. The third-order valence-corrected chi connectivity index (χ3v) is 4.28. The molecule has 4 heteroatoms. The van der Waals surface area contributed by atoms with Gasteiger partial charge >= 0.3 is 0 Å². The molecule has 2 unspecified atom stereocenters. The zero-order valence-corrected chi connectivity index (χ0v) is 11.8. The van der Waals surface area contributed by atoms with E-state index in [9.17, 15) is 9.59 Å². The standard InChI is InChI=1S/C17H18N2O2/c18-10-4-6-12-5-3-7-13(11-12)19-16(20)14-8-1-2-9-15(14)17(19)21/h3,5,7,11,14-15H,1-2,8-10,18H2. The highest BCUT2D eigenvalue weighted by molar-refractivity contribution is 6.22. The van der Waals surface area contributed by atoms with Gasteiger partial charge in [0.15, 0.2) is 0 Å². The van der Waals surface area contributed by atoms with Gasteiger partial charge in [-0.1, -0.05) is 30.7 Å². The Morgan fingerprint density at radius 1 is 1.14 bits per heavy atom. The van der Waals surface area contributed by atoms with Crippen molar-refractivity contribution in [2.75, 3.05) is 11.4 Å². The van der Waals surface area contributed by atoms with E-state index in [1.165, 1.54) is 4.90 Å². The molecule has 2 fully saturated rings. The van der Waals surface area contributed by atoms with Crippen molar-refractivity contribution in [3.8, 4) is 11.8 Å². The van der Waals surface area contributed by atoms with Gasteiger partial charge < -0.3 is 5.73 Å². The molecule has 1 aromatic carbocycles. The van der Waals surface area contributed by atoms with Gasteiger partial charge in [-0.25, -0.2) is 0 Å². The lowest BCUT2D eigenvalue weighted by atomic mass is 9.81. The quantitative estimate of drug-likeness (QED) is 0.629. The van der Waals surface area contributed by atoms with E-state index in [0.717, 1.165) is 31.2 Å². The number of carbonyl (C=O) groups excluding carboxylic acids is 2. The molecule has 1 aliphatic heterocycles. The number of benzene rings is 1. The molecule has 1 saturated carbocycles. The highest BCUT2D eigenvalue weighted by Crippen LogP contribution is 2.40. The number of hydrogen-bond donors (Lipinski definition) is 1. The van der Waals surface area contributed by atoms with E-state index >= 15 is 0 Å². The van der Waals surface area contributed by atoms with Crippen LogP contribution in [0.25, 0.3) is 0 Å². The molecule has 0 radical (unpaired) electrons. The van der Waals surface area contributed by atoms with Gasteiger partial charge in [0.2, 0.25) is 11.8 Å². The Labute approximate surface area is 124 Å². The second-order valence-corrected chi connectivity index (χ2v) is 5.57. The molecule has 108 valence electrons. The van der Waals surface area contributed by atoms with Crippen molar-refractivity contribution in [2.24, 2.45) is 17.6 Å². The number of nitrogens with zero attached hydrogens (tertiary/aromatic N) is 1. The summed E-state index contributed by atoms with van der Waals surface area (Å²) >= 11 is 0. The van der Waals surface area contributed by atoms with Crippen LogP contribution in [0.15, 0.2) is 24.3 Å². The number of nitrogens with two attached hydrogens (primary N) is 1. The van der Waals surface area contributed by atoms with Crippen molar-refractivity contribution in [3.05, 3.63) is 29.8 Å². The summed E-state index contributed by atoms with van der Waals surface area (Å²) in [7, 11) is 0. The molecule has 1 saturated heterocycles. The number of amides is 2. The SMILES string of the molecule is NCC#Cc1cccc(N2C(=O)C3CCCCC3C2=O)c1. The molecule has 2 atom stereocenters. The first-order chi connectivity index (χ1) is 10.2. The van der Waals surface area contributed by atoms with Gasteiger partial charge in [-0.05, 0) is 31.0 Å². The van der Waals surface area contributed by atoms with Crippen molar-refractivity contribution in [1.82, 2.24) is 0 Å². The predicted molar refractivity (Wildman–Crippen MR) is 80.3 cm³/mol. The highest BCUT2D eigenvalue weighted by Gasteiger charge is 2.48. The van der Waals surface area contributed by atoms with Crippen LogP contribution in [-0.4, -0.2) is 18.4 Å². The van der Waals surface area contributed by atoms with Crippen LogP contribution in [0.4, 0.5) is 5.69 Å². The molecule has 3 rings (SSSR count). The van der Waals surface area contributed by atoms with Crippen LogP contribution >= 0.6 is 0 Å². The van der Waals surface area contributed by atoms with Crippen LogP contribution in [0.5, 0.6) is 0 Å². The van der Waals surface area contributed by atoms with Gasteiger partial charge in [-0.3, -0.25) is 14.5 Å². The van der Waals surface area contributed by atoms with Crippen LogP contribution in [0, 0.1) is 23.7 Å². The summed E-state index contributed by atoms with van der Waals surface area (Å²) in [6.07, 6.45) is 3.74. The Balaban J connectivity index is 1.93. The maximum atomic E-state index is 12.5. The van der Waals surface area contributed by atoms with Gasteiger partial charge in [0, 0.05) is 5.56 Å². The lowest BCUT2D eigenvalue weighted by molar-refractivity contribution is -0.122. The second kappa shape index (κ2) is 5.71. The first-order valence-electron chi connectivity index (χ1n) is 7.39. The van der Waals surface area contributed by atoms with Crippen molar-refractivity contribution in [2.45, 2.75) is 25.7 Å². The minimum Gasteiger partial charge on any atom is -0.320 e. The Morgan fingerprint density at radius 3 is 2.43 bits per heavy atom. The predicted octanol–water partition coefficient (Wildman–Crippen LogP) is 1.68. The van der Waals surface area contributed by atoms with E-state index in [1.807, 2.05) is 12.1 Å². The normalized spacial score (nSPS) is 24.5. The Kier molecular flexibility index (Phi) is 3.76. The van der Waals surface area contributed by atoms with Crippen LogP contribution in [0.2, 0.25) is 0 Å². The van der Waals surface area contributed by atoms with E-state index < -0.39 is 0 Å². The number of hydrogen-bond acceptors (Lipinski definition) is 3. The zero-order valence-electron chi connectivity index (χ0n) is 11.8. The molecular weight excluding hydrogens is 264 g/mol. The van der Waals surface area contributed by atoms with Gasteiger partial charge in [-0.15, -0.1) is 0 Å². The lowest BCUT2D eigenvalue weighted by Crippen LogP contribution is -2.30. The van der Waals surface area contributed by atoms with Gasteiger partial charge in [0.05, 0.1) is 24.1 Å². The first-order valence-corrected chi connectivity index (χ1v) is 7.39. The molecule has 1 aliphatic carbocycles. The summed E-state index contributed by atoms with van der Waals surface area (Å²) in [5.74, 6) is 5.38. The molecule has 2 N–H and O–H groups in total. The molecule has 0 spiro atoms. The lowest BCUT2D eigenvalue weighted by Gasteiger charge is -2.19. The zero-order chi connectivity index (χ0) is 14.8. The van der Waals surface area contributed by atoms with Gasteiger partial charge in [-0.2, -0.15) is 0 Å². The summed E-state index contributed by atoms with van der Waals surface area (Å²) in [5.41, 5.74) is 6.77. The van der Waals surface area contributed by atoms with Crippen molar-refractivity contribution in [3.63, 3.8) is 0 Å². The summed E-state index contributed by atoms with van der Waals surface area (Å²) in [5, 5.41) is 0. The summed E-state index contributed by atoms with van der Waals surface area (Å²) < 4.78 is 0. The Morgan fingerprint density at radius 2 is 1.81 bits per heavy atom. The van der Waals surface area contributed by atoms with Gasteiger partial charge in [0.1, 0.15) is 0 Å². The second-order valence-electron chi connectivity index (χ2n) is 5.57. The maximum Gasteiger partial charge on any atom is 0.237 e. The third kappa shape index (κ3) is 2.45. The van der Waals surface area contributed by atoms with Crippen molar-refractivity contribution >= 4 is 17.5 Å². The Bertz CT molecular complexity index is 618. The number of fused-ring (bicyclic) bond motifs is 1. The van der Waals surface area contributed by atoms with Crippen molar-refractivity contribution in [1.29, 1.82) is 0 Å². The third-order valence-electron chi connectivity index (χ3n) is 4.28. The van der Waals surface area contributed by atoms with Crippen LogP contribution in [0.3, 0.4) is 0 Å². The highest BCUT2D eigenvalue weighted by atomic mass is 16.2. The molecule has 1 aromatic rings. The minimum atomic E-state index is -0.120. The van der Waals surface area contributed by atoms with Crippen LogP contribution in [0.1, 0.15) is 31.2 Å². The van der Waals surface area contributed by atoms with Crippen LogP contribution in [-0.2, 0) is 9.59 Å². The van der Waals surface area contributed by atoms with E-state index in [2.05, 4.69) is 11.8 Å². The molecule has 2 amide bonds. The fourth-order valence-corrected chi connectivity index (χ4v) is 3.29. The van der Waals surface area contributed by atoms with E-state index in [0.29, 0.717) is 5.69 Å². The number of carbonyl (C=O) groups is 2. The largest absolute Gasteiger partial charge is 0.320 e. The number of anilines is 1. The smallest absolute Gasteiger partial charge is 0.237 e.